The van der Waals surface area contributed by atoms with Crippen LogP contribution >= 0.6 is 11.3 Å². The molecule has 110 valence electrons. The van der Waals surface area contributed by atoms with Gasteiger partial charge in [-0.25, -0.2) is 0 Å². The topological polar surface area (TPSA) is 15.3 Å². The molecule has 0 aliphatic heterocycles. The molecule has 3 aliphatic rings. The summed E-state index contributed by atoms with van der Waals surface area (Å²) in [7, 11) is 0. The zero-order valence-corrected chi connectivity index (χ0v) is 13.1. The van der Waals surface area contributed by atoms with Crippen LogP contribution in [-0.2, 0) is 13.1 Å². The van der Waals surface area contributed by atoms with Gasteiger partial charge < -0.3 is 5.32 Å². The number of nitrogens with one attached hydrogen (secondary N) is 1. The van der Waals surface area contributed by atoms with Gasteiger partial charge in [-0.05, 0) is 62.5 Å². The van der Waals surface area contributed by atoms with E-state index in [0.29, 0.717) is 0 Å². The van der Waals surface area contributed by atoms with E-state index in [1.165, 1.54) is 63.0 Å². The maximum absolute atomic E-state index is 3.62. The minimum atomic E-state index is 0.821. The Balaban J connectivity index is 1.30. The number of nitrogens with zero attached hydrogens (tertiary/aromatic N) is 1. The second-order valence-electron chi connectivity index (χ2n) is 7.10. The van der Waals surface area contributed by atoms with E-state index in [1.54, 1.807) is 4.88 Å². The van der Waals surface area contributed by atoms with Crippen molar-refractivity contribution >= 4 is 11.3 Å². The lowest BCUT2D eigenvalue weighted by Gasteiger charge is -2.21. The molecule has 0 spiro atoms. The molecule has 0 saturated heterocycles. The van der Waals surface area contributed by atoms with E-state index in [0.717, 1.165) is 24.4 Å². The first-order valence-electron chi connectivity index (χ1n) is 8.38. The summed E-state index contributed by atoms with van der Waals surface area (Å²) in [5.41, 5.74) is 0. The molecule has 4 rings (SSSR count). The predicted molar refractivity (Wildman–Crippen MR) is 84.9 cm³/mol. The van der Waals surface area contributed by atoms with Gasteiger partial charge in [0.15, 0.2) is 0 Å². The van der Waals surface area contributed by atoms with Gasteiger partial charge in [-0.1, -0.05) is 0 Å². The summed E-state index contributed by atoms with van der Waals surface area (Å²) in [6.45, 7) is 4.98. The maximum Gasteiger partial charge on any atom is 0.0328 e. The van der Waals surface area contributed by atoms with Crippen LogP contribution in [0.2, 0.25) is 0 Å². The summed E-state index contributed by atoms with van der Waals surface area (Å²) in [6, 6.07) is 5.52. The summed E-state index contributed by atoms with van der Waals surface area (Å²) in [6.07, 6.45) is 8.66. The second-order valence-corrected chi connectivity index (χ2v) is 8.36. The molecule has 0 unspecified atom stereocenters. The zero-order chi connectivity index (χ0) is 13.4. The molecule has 0 radical (unpaired) electrons. The van der Waals surface area contributed by atoms with Gasteiger partial charge in [0.05, 0.1) is 0 Å². The molecule has 1 aromatic heterocycles. The molecule has 3 saturated carbocycles. The van der Waals surface area contributed by atoms with E-state index in [2.05, 4.69) is 22.3 Å². The first kappa shape index (κ1) is 13.3. The molecule has 2 nitrogen and oxygen atoms in total. The second kappa shape index (κ2) is 5.78. The minimum absolute atomic E-state index is 0.821. The normalized spacial score (nSPS) is 22.6. The Bertz CT molecular complexity index is 430. The first-order chi connectivity index (χ1) is 9.85. The average molecular weight is 290 g/mol. The quantitative estimate of drug-likeness (QED) is 0.747. The van der Waals surface area contributed by atoms with E-state index < -0.39 is 0 Å². The summed E-state index contributed by atoms with van der Waals surface area (Å²) >= 11 is 2.02. The van der Waals surface area contributed by atoms with Gasteiger partial charge >= 0.3 is 0 Å². The minimum Gasteiger partial charge on any atom is -0.309 e. The molecule has 3 aliphatic carbocycles. The van der Waals surface area contributed by atoms with Crippen molar-refractivity contribution in [1.29, 1.82) is 0 Å². The van der Waals surface area contributed by atoms with Gasteiger partial charge in [-0.3, -0.25) is 4.90 Å². The standard InChI is InChI=1S/C17H26N2S/c1-2-13(1)10-19(11-14-3-4-14)12-17-8-7-16(20-17)9-18-15-5-6-15/h7-8,13-15,18H,1-6,9-12H2. The smallest absolute Gasteiger partial charge is 0.0328 e. The first-order valence-corrected chi connectivity index (χ1v) is 9.20. The highest BCUT2D eigenvalue weighted by Gasteiger charge is 2.29. The van der Waals surface area contributed by atoms with Crippen molar-refractivity contribution in [2.24, 2.45) is 11.8 Å². The Kier molecular flexibility index (Phi) is 3.84. The third-order valence-corrected chi connectivity index (χ3v) is 5.74. The van der Waals surface area contributed by atoms with Gasteiger partial charge in [-0.15, -0.1) is 11.3 Å². The van der Waals surface area contributed by atoms with Gasteiger partial charge in [0.2, 0.25) is 0 Å². The van der Waals surface area contributed by atoms with Gasteiger partial charge in [0.25, 0.3) is 0 Å². The van der Waals surface area contributed by atoms with E-state index >= 15 is 0 Å². The Labute approximate surface area is 126 Å². The lowest BCUT2D eigenvalue weighted by Crippen LogP contribution is -2.27. The van der Waals surface area contributed by atoms with Crippen molar-refractivity contribution in [2.45, 2.75) is 57.7 Å². The van der Waals surface area contributed by atoms with Gasteiger partial charge in [0.1, 0.15) is 0 Å². The van der Waals surface area contributed by atoms with Crippen LogP contribution in [-0.4, -0.2) is 24.0 Å². The van der Waals surface area contributed by atoms with Crippen LogP contribution in [0.1, 0.15) is 48.3 Å². The van der Waals surface area contributed by atoms with Crippen molar-refractivity contribution in [1.82, 2.24) is 10.2 Å². The molecule has 1 aromatic rings. The molecule has 0 aromatic carbocycles. The number of hydrogen-bond acceptors (Lipinski definition) is 3. The molecule has 20 heavy (non-hydrogen) atoms. The maximum atomic E-state index is 3.62. The van der Waals surface area contributed by atoms with Crippen LogP contribution in [0.15, 0.2) is 12.1 Å². The van der Waals surface area contributed by atoms with Crippen LogP contribution in [0.25, 0.3) is 0 Å². The molecular formula is C17H26N2S. The van der Waals surface area contributed by atoms with Crippen molar-refractivity contribution < 1.29 is 0 Å². The highest BCUT2D eigenvalue weighted by Crippen LogP contribution is 2.34. The summed E-state index contributed by atoms with van der Waals surface area (Å²) in [5.74, 6) is 2.04. The van der Waals surface area contributed by atoms with E-state index in [9.17, 15) is 0 Å². The van der Waals surface area contributed by atoms with Gasteiger partial charge in [-0.2, -0.15) is 0 Å². The fourth-order valence-corrected chi connectivity index (χ4v) is 3.90. The van der Waals surface area contributed by atoms with E-state index in [-0.39, 0.29) is 0 Å². The Morgan fingerprint density at radius 3 is 2.20 bits per heavy atom. The molecule has 1 N–H and O–H groups in total. The Morgan fingerprint density at radius 2 is 1.60 bits per heavy atom. The van der Waals surface area contributed by atoms with E-state index in [4.69, 9.17) is 0 Å². The molecular weight excluding hydrogens is 264 g/mol. The monoisotopic (exact) mass is 290 g/mol. The predicted octanol–water partition coefficient (Wildman–Crippen LogP) is 3.62. The summed E-state index contributed by atoms with van der Waals surface area (Å²) in [4.78, 5) is 5.82. The summed E-state index contributed by atoms with van der Waals surface area (Å²) < 4.78 is 0. The summed E-state index contributed by atoms with van der Waals surface area (Å²) in [5, 5.41) is 3.62. The lowest BCUT2D eigenvalue weighted by molar-refractivity contribution is 0.246. The third-order valence-electron chi connectivity index (χ3n) is 4.67. The Morgan fingerprint density at radius 1 is 0.950 bits per heavy atom. The highest BCUT2D eigenvalue weighted by molar-refractivity contribution is 7.11. The fraction of sp³-hybridized carbons (Fsp3) is 0.765. The largest absolute Gasteiger partial charge is 0.309 e. The van der Waals surface area contributed by atoms with Crippen LogP contribution < -0.4 is 5.32 Å². The zero-order valence-electron chi connectivity index (χ0n) is 12.3. The van der Waals surface area contributed by atoms with Gasteiger partial charge in [0, 0.05) is 42.0 Å². The van der Waals surface area contributed by atoms with Crippen molar-refractivity contribution in [3.63, 3.8) is 0 Å². The molecule has 3 heteroatoms. The SMILES string of the molecule is c1cc(CN(CC2CC2)CC2CC2)sc1CNC1CC1. The van der Waals surface area contributed by atoms with Crippen LogP contribution in [0.5, 0.6) is 0 Å². The van der Waals surface area contributed by atoms with Crippen molar-refractivity contribution in [3.05, 3.63) is 21.9 Å². The number of hydrogen-bond donors (Lipinski definition) is 1. The lowest BCUT2D eigenvalue weighted by atomic mass is 10.3. The molecule has 0 bridgehead atoms. The van der Waals surface area contributed by atoms with Crippen molar-refractivity contribution in [3.8, 4) is 0 Å². The van der Waals surface area contributed by atoms with Crippen LogP contribution in [0.4, 0.5) is 0 Å². The van der Waals surface area contributed by atoms with Crippen LogP contribution in [0.3, 0.4) is 0 Å². The number of thiophene rings is 1. The average Bonchev–Trinajstić information content (AvgIpc) is 3.27. The number of rotatable bonds is 9. The molecule has 0 atom stereocenters. The Hall–Kier alpha value is -0.380. The molecule has 1 heterocycles. The fourth-order valence-electron chi connectivity index (χ4n) is 2.89. The molecule has 0 amide bonds. The van der Waals surface area contributed by atoms with E-state index in [1.807, 2.05) is 11.3 Å². The van der Waals surface area contributed by atoms with Crippen molar-refractivity contribution in [2.75, 3.05) is 13.1 Å². The molecule has 3 fully saturated rings. The third kappa shape index (κ3) is 4.06. The van der Waals surface area contributed by atoms with Crippen LogP contribution in [0, 0.1) is 11.8 Å². The highest BCUT2D eigenvalue weighted by atomic mass is 32.1.